The second kappa shape index (κ2) is 2.98. The molecule has 1 heterocycles. The van der Waals surface area contributed by atoms with Crippen LogP contribution >= 0.6 is 0 Å². The van der Waals surface area contributed by atoms with Crippen molar-refractivity contribution in [2.45, 2.75) is 31.5 Å². The Balaban J connectivity index is 2.33. The number of aliphatic hydroxyl groups is 1. The number of nitrogens with zero attached hydrogens (tertiary/aromatic N) is 1. The van der Waals surface area contributed by atoms with Gasteiger partial charge in [-0.25, -0.2) is 0 Å². The minimum absolute atomic E-state index is 0.259. The Bertz CT molecular complexity index is 345. The summed E-state index contributed by atoms with van der Waals surface area (Å²) < 4.78 is 36.5. The molecule has 3 nitrogen and oxygen atoms in total. The summed E-state index contributed by atoms with van der Waals surface area (Å²) in [6.45, 7) is 0. The topological polar surface area (TPSA) is 48.9 Å². The second-order valence-electron chi connectivity index (χ2n) is 3.36. The van der Waals surface area contributed by atoms with Gasteiger partial charge in [-0.1, -0.05) is 0 Å². The first-order chi connectivity index (χ1) is 6.50. The van der Waals surface area contributed by atoms with Gasteiger partial charge < -0.3 is 5.11 Å². The van der Waals surface area contributed by atoms with Crippen LogP contribution in [-0.4, -0.2) is 21.5 Å². The normalized spacial score (nSPS) is 18.3. The maximum Gasteiger partial charge on any atom is 0.420 e. The molecule has 0 fully saturated rings. The summed E-state index contributed by atoms with van der Waals surface area (Å²) in [5.41, 5.74) is 1.00. The number of rotatable bonds is 1. The van der Waals surface area contributed by atoms with Gasteiger partial charge in [0, 0.05) is 5.69 Å². The molecule has 1 aromatic heterocycles. The fraction of sp³-hybridized carbons (Fsp3) is 0.625. The van der Waals surface area contributed by atoms with Gasteiger partial charge >= 0.3 is 6.18 Å². The molecule has 0 saturated carbocycles. The van der Waals surface area contributed by atoms with Crippen molar-refractivity contribution in [1.82, 2.24) is 10.2 Å². The average molecular weight is 206 g/mol. The number of aryl methyl sites for hydroxylation is 1. The SMILES string of the molecule is O[C@@H](c1n[nH]c2c1CCC2)C(F)(F)F. The third kappa shape index (κ3) is 1.39. The summed E-state index contributed by atoms with van der Waals surface area (Å²) >= 11 is 0. The Morgan fingerprint density at radius 2 is 2.07 bits per heavy atom. The molecule has 0 aromatic carbocycles. The number of hydrogen-bond acceptors (Lipinski definition) is 2. The number of halogens is 3. The standard InChI is InChI=1S/C8H9F3N2O/c9-8(10,11)7(14)6-4-2-1-3-5(4)12-13-6/h7,14H,1-3H2,(H,12,13)/t7-/m0/s1. The predicted octanol–water partition coefficient (Wildman–Crippen LogP) is 1.49. The van der Waals surface area contributed by atoms with E-state index in [-0.39, 0.29) is 5.69 Å². The van der Waals surface area contributed by atoms with Gasteiger partial charge in [0.25, 0.3) is 0 Å². The molecule has 1 atom stereocenters. The van der Waals surface area contributed by atoms with Crippen LogP contribution in [0.25, 0.3) is 0 Å². The number of nitrogens with one attached hydrogen (secondary N) is 1. The largest absolute Gasteiger partial charge is 0.420 e. The average Bonchev–Trinajstić information content (AvgIpc) is 2.59. The lowest BCUT2D eigenvalue weighted by atomic mass is 10.1. The number of H-pyrrole nitrogens is 1. The van der Waals surface area contributed by atoms with E-state index >= 15 is 0 Å². The number of hydrogen-bond donors (Lipinski definition) is 2. The lowest BCUT2D eigenvalue weighted by Crippen LogP contribution is -2.21. The Kier molecular flexibility index (Phi) is 2.02. The molecule has 0 spiro atoms. The molecule has 6 heteroatoms. The van der Waals surface area contributed by atoms with E-state index in [1.807, 2.05) is 0 Å². The van der Waals surface area contributed by atoms with E-state index in [0.717, 1.165) is 12.1 Å². The second-order valence-corrected chi connectivity index (χ2v) is 3.36. The first-order valence-corrected chi connectivity index (χ1v) is 4.31. The van der Waals surface area contributed by atoms with E-state index in [4.69, 9.17) is 5.11 Å². The fourth-order valence-corrected chi connectivity index (χ4v) is 1.73. The zero-order chi connectivity index (χ0) is 10.3. The summed E-state index contributed by atoms with van der Waals surface area (Å²) in [4.78, 5) is 0. The first-order valence-electron chi connectivity index (χ1n) is 4.31. The minimum Gasteiger partial charge on any atom is -0.378 e. The highest BCUT2D eigenvalue weighted by atomic mass is 19.4. The van der Waals surface area contributed by atoms with Crippen molar-refractivity contribution < 1.29 is 18.3 Å². The Hall–Kier alpha value is -1.04. The number of aliphatic hydroxyl groups excluding tert-OH is 1. The molecular formula is C8H9F3N2O. The summed E-state index contributed by atoms with van der Waals surface area (Å²) in [5, 5.41) is 15.0. The molecule has 2 N–H and O–H groups in total. The van der Waals surface area contributed by atoms with Crippen LogP contribution in [0.15, 0.2) is 0 Å². The van der Waals surface area contributed by atoms with E-state index in [9.17, 15) is 13.2 Å². The number of alkyl halides is 3. The highest BCUT2D eigenvalue weighted by Crippen LogP contribution is 2.36. The van der Waals surface area contributed by atoms with Crippen LogP contribution in [0.3, 0.4) is 0 Å². The molecular weight excluding hydrogens is 197 g/mol. The lowest BCUT2D eigenvalue weighted by molar-refractivity contribution is -0.208. The van der Waals surface area contributed by atoms with Gasteiger partial charge in [-0.05, 0) is 24.8 Å². The van der Waals surface area contributed by atoms with Crippen molar-refractivity contribution in [3.05, 3.63) is 17.0 Å². The van der Waals surface area contributed by atoms with E-state index in [2.05, 4.69) is 10.2 Å². The zero-order valence-corrected chi connectivity index (χ0v) is 7.23. The zero-order valence-electron chi connectivity index (χ0n) is 7.23. The molecule has 0 amide bonds. The van der Waals surface area contributed by atoms with Crippen molar-refractivity contribution in [1.29, 1.82) is 0 Å². The highest BCUT2D eigenvalue weighted by Gasteiger charge is 2.43. The third-order valence-electron chi connectivity index (χ3n) is 2.41. The summed E-state index contributed by atoms with van der Waals surface area (Å²) in [6, 6.07) is 0. The number of aromatic nitrogens is 2. The maximum atomic E-state index is 12.2. The Morgan fingerprint density at radius 1 is 1.36 bits per heavy atom. The molecule has 14 heavy (non-hydrogen) atoms. The first kappa shape index (κ1) is 9.51. The van der Waals surface area contributed by atoms with Crippen LogP contribution in [0.5, 0.6) is 0 Å². The van der Waals surface area contributed by atoms with Crippen LogP contribution in [0, 0.1) is 0 Å². The van der Waals surface area contributed by atoms with Gasteiger partial charge in [-0.15, -0.1) is 0 Å². The van der Waals surface area contributed by atoms with Gasteiger partial charge in [0.2, 0.25) is 0 Å². The van der Waals surface area contributed by atoms with Crippen LogP contribution in [-0.2, 0) is 12.8 Å². The molecule has 0 unspecified atom stereocenters. The molecule has 2 rings (SSSR count). The molecule has 1 aliphatic rings. The van der Waals surface area contributed by atoms with Crippen molar-refractivity contribution in [2.75, 3.05) is 0 Å². The van der Waals surface area contributed by atoms with Crippen LogP contribution in [0.4, 0.5) is 13.2 Å². The van der Waals surface area contributed by atoms with E-state index in [1.165, 1.54) is 0 Å². The lowest BCUT2D eigenvalue weighted by Gasteiger charge is -2.12. The van der Waals surface area contributed by atoms with E-state index in [0.29, 0.717) is 18.4 Å². The molecule has 0 aliphatic heterocycles. The number of aromatic amines is 1. The van der Waals surface area contributed by atoms with Crippen LogP contribution < -0.4 is 0 Å². The smallest absolute Gasteiger partial charge is 0.378 e. The van der Waals surface area contributed by atoms with E-state index < -0.39 is 12.3 Å². The van der Waals surface area contributed by atoms with Gasteiger partial charge in [0.15, 0.2) is 6.10 Å². The molecule has 1 aromatic rings. The predicted molar refractivity (Wildman–Crippen MR) is 41.6 cm³/mol. The van der Waals surface area contributed by atoms with Gasteiger partial charge in [-0.2, -0.15) is 18.3 Å². The number of fused-ring (bicyclic) bond motifs is 1. The fourth-order valence-electron chi connectivity index (χ4n) is 1.73. The Morgan fingerprint density at radius 3 is 2.71 bits per heavy atom. The van der Waals surface area contributed by atoms with Crippen molar-refractivity contribution in [2.24, 2.45) is 0 Å². The van der Waals surface area contributed by atoms with Crippen molar-refractivity contribution >= 4 is 0 Å². The summed E-state index contributed by atoms with van der Waals surface area (Å²) in [6.07, 6.45) is -4.99. The van der Waals surface area contributed by atoms with Gasteiger partial charge in [-0.3, -0.25) is 5.10 Å². The third-order valence-corrected chi connectivity index (χ3v) is 2.41. The minimum atomic E-state index is -4.63. The van der Waals surface area contributed by atoms with E-state index in [1.54, 1.807) is 0 Å². The monoisotopic (exact) mass is 206 g/mol. The molecule has 78 valence electrons. The van der Waals surface area contributed by atoms with Gasteiger partial charge in [0.05, 0.1) is 0 Å². The summed E-state index contributed by atoms with van der Waals surface area (Å²) in [7, 11) is 0. The van der Waals surface area contributed by atoms with Crippen LogP contribution in [0.1, 0.15) is 29.5 Å². The quantitative estimate of drug-likeness (QED) is 0.731. The molecule has 1 aliphatic carbocycles. The maximum absolute atomic E-state index is 12.2. The van der Waals surface area contributed by atoms with Crippen LogP contribution in [0.2, 0.25) is 0 Å². The van der Waals surface area contributed by atoms with Crippen molar-refractivity contribution in [3.8, 4) is 0 Å². The Labute approximate surface area is 77.9 Å². The highest BCUT2D eigenvalue weighted by molar-refractivity contribution is 5.31. The molecule has 0 saturated heterocycles. The van der Waals surface area contributed by atoms with Crippen molar-refractivity contribution in [3.63, 3.8) is 0 Å². The molecule has 0 bridgehead atoms. The summed E-state index contributed by atoms with van der Waals surface area (Å²) in [5.74, 6) is 0. The van der Waals surface area contributed by atoms with Gasteiger partial charge in [0.1, 0.15) is 5.69 Å². The molecule has 0 radical (unpaired) electrons.